The van der Waals surface area contributed by atoms with Crippen molar-refractivity contribution in [2.45, 2.75) is 26.3 Å². The summed E-state index contributed by atoms with van der Waals surface area (Å²) in [5.74, 6) is 0.914. The molecule has 1 heterocycles. The maximum absolute atomic E-state index is 11.4. The molecule has 4 nitrogen and oxygen atoms in total. The first-order chi connectivity index (χ1) is 6.39. The van der Waals surface area contributed by atoms with Crippen LogP contribution in [0.25, 0.3) is 0 Å². The van der Waals surface area contributed by atoms with Gasteiger partial charge in [0.2, 0.25) is 0 Å². The Morgan fingerprint density at radius 3 is 2.50 bits per heavy atom. The lowest BCUT2D eigenvalue weighted by Crippen LogP contribution is -2.42. The third kappa shape index (κ3) is 1.65. The molecule has 0 aliphatic rings. The zero-order valence-corrected chi connectivity index (χ0v) is 8.88. The fourth-order valence-corrected chi connectivity index (χ4v) is 1.47. The molecule has 1 aromatic rings. The predicted molar refractivity (Wildman–Crippen MR) is 51.7 cm³/mol. The predicted octanol–water partition coefficient (Wildman–Crippen LogP) is 1.24. The second kappa shape index (κ2) is 3.46. The molecule has 0 saturated heterocycles. The number of carbonyl (C=O) groups is 1. The normalized spacial score (nSPS) is 14.9. The van der Waals surface area contributed by atoms with Crippen molar-refractivity contribution in [1.82, 2.24) is 0 Å². The van der Waals surface area contributed by atoms with Crippen LogP contribution in [0.2, 0.25) is 0 Å². The Morgan fingerprint density at radius 1 is 1.57 bits per heavy atom. The molecule has 78 valence electrons. The van der Waals surface area contributed by atoms with E-state index in [2.05, 4.69) is 4.74 Å². The van der Waals surface area contributed by atoms with Crippen LogP contribution in [0, 0.1) is 13.8 Å². The summed E-state index contributed by atoms with van der Waals surface area (Å²) < 4.78 is 9.94. The van der Waals surface area contributed by atoms with Crippen LogP contribution in [0.3, 0.4) is 0 Å². The van der Waals surface area contributed by atoms with Gasteiger partial charge in [-0.05, 0) is 26.8 Å². The number of esters is 1. The molecule has 0 aliphatic heterocycles. The Kier molecular flexibility index (Phi) is 2.66. The number of furan rings is 1. The number of aryl methyl sites for hydroxylation is 2. The molecule has 0 radical (unpaired) electrons. The Hall–Kier alpha value is -1.29. The average Bonchev–Trinajstić information content (AvgIpc) is 2.44. The van der Waals surface area contributed by atoms with Crippen molar-refractivity contribution in [3.05, 3.63) is 23.2 Å². The van der Waals surface area contributed by atoms with Gasteiger partial charge in [-0.15, -0.1) is 0 Å². The lowest BCUT2D eigenvalue weighted by Gasteiger charge is -2.20. The van der Waals surface area contributed by atoms with Crippen LogP contribution in [0.15, 0.2) is 10.5 Å². The summed E-state index contributed by atoms with van der Waals surface area (Å²) in [6.07, 6.45) is 0. The van der Waals surface area contributed by atoms with Gasteiger partial charge in [-0.1, -0.05) is 0 Å². The third-order valence-electron chi connectivity index (χ3n) is 2.21. The van der Waals surface area contributed by atoms with Crippen molar-refractivity contribution in [3.8, 4) is 0 Å². The standard InChI is InChI=1S/C10H15NO3/c1-6-5-8(7(2)14-6)10(3,11)9(12)13-4/h5H,11H2,1-4H3. The van der Waals surface area contributed by atoms with E-state index in [0.717, 1.165) is 5.76 Å². The van der Waals surface area contributed by atoms with Gasteiger partial charge in [0.25, 0.3) is 0 Å². The number of nitrogens with two attached hydrogens (primary N) is 1. The van der Waals surface area contributed by atoms with Gasteiger partial charge in [-0.3, -0.25) is 0 Å². The summed E-state index contributed by atoms with van der Waals surface area (Å²) in [4.78, 5) is 11.4. The highest BCUT2D eigenvalue weighted by Crippen LogP contribution is 2.25. The van der Waals surface area contributed by atoms with E-state index in [-0.39, 0.29) is 0 Å². The molecule has 1 atom stereocenters. The van der Waals surface area contributed by atoms with Gasteiger partial charge in [0.1, 0.15) is 17.1 Å². The number of carbonyl (C=O) groups excluding carboxylic acids is 1. The Balaban J connectivity index is 3.15. The first-order valence-corrected chi connectivity index (χ1v) is 4.34. The highest BCUT2D eigenvalue weighted by molar-refractivity contribution is 5.82. The van der Waals surface area contributed by atoms with Crippen LogP contribution in [0.5, 0.6) is 0 Å². The topological polar surface area (TPSA) is 65.5 Å². The van der Waals surface area contributed by atoms with E-state index < -0.39 is 11.5 Å². The lowest BCUT2D eigenvalue weighted by atomic mass is 9.93. The van der Waals surface area contributed by atoms with Gasteiger partial charge in [0.05, 0.1) is 7.11 Å². The smallest absolute Gasteiger partial charge is 0.330 e. The van der Waals surface area contributed by atoms with Crippen LogP contribution in [-0.4, -0.2) is 13.1 Å². The minimum Gasteiger partial charge on any atom is -0.467 e. The van der Waals surface area contributed by atoms with Crippen molar-refractivity contribution < 1.29 is 13.9 Å². The van der Waals surface area contributed by atoms with Gasteiger partial charge in [0, 0.05) is 5.56 Å². The SMILES string of the molecule is COC(=O)C(C)(N)c1cc(C)oc1C. The van der Waals surface area contributed by atoms with Gasteiger partial charge in [0.15, 0.2) is 0 Å². The molecule has 2 N–H and O–H groups in total. The van der Waals surface area contributed by atoms with Crippen LogP contribution in [-0.2, 0) is 15.1 Å². The molecular weight excluding hydrogens is 182 g/mol. The first kappa shape index (κ1) is 10.8. The number of methoxy groups -OCH3 is 1. The number of rotatable bonds is 2. The van der Waals surface area contributed by atoms with Crippen molar-refractivity contribution in [3.63, 3.8) is 0 Å². The van der Waals surface area contributed by atoms with E-state index in [0.29, 0.717) is 11.3 Å². The Morgan fingerprint density at radius 2 is 2.14 bits per heavy atom. The molecule has 0 fully saturated rings. The van der Waals surface area contributed by atoms with E-state index in [9.17, 15) is 4.79 Å². The molecular formula is C10H15NO3. The maximum Gasteiger partial charge on any atom is 0.330 e. The summed E-state index contributed by atoms with van der Waals surface area (Å²) in [5.41, 5.74) is 5.40. The van der Waals surface area contributed by atoms with E-state index in [1.54, 1.807) is 19.9 Å². The van der Waals surface area contributed by atoms with Crippen molar-refractivity contribution in [2.75, 3.05) is 7.11 Å². The molecule has 1 rings (SSSR count). The van der Waals surface area contributed by atoms with Crippen LogP contribution in [0.1, 0.15) is 24.0 Å². The number of hydrogen-bond donors (Lipinski definition) is 1. The summed E-state index contributed by atoms with van der Waals surface area (Å²) in [7, 11) is 1.32. The van der Waals surface area contributed by atoms with E-state index >= 15 is 0 Å². The Bertz CT molecular complexity index is 352. The largest absolute Gasteiger partial charge is 0.467 e. The molecule has 0 aliphatic carbocycles. The van der Waals surface area contributed by atoms with Crippen molar-refractivity contribution in [2.24, 2.45) is 5.73 Å². The van der Waals surface area contributed by atoms with Crippen LogP contribution in [0.4, 0.5) is 0 Å². The highest BCUT2D eigenvalue weighted by Gasteiger charge is 2.34. The molecule has 1 aromatic heterocycles. The Labute approximate surface area is 83.0 Å². The number of hydrogen-bond acceptors (Lipinski definition) is 4. The molecule has 0 saturated carbocycles. The quantitative estimate of drug-likeness (QED) is 0.724. The fourth-order valence-electron chi connectivity index (χ4n) is 1.47. The molecule has 0 bridgehead atoms. The highest BCUT2D eigenvalue weighted by atomic mass is 16.5. The van der Waals surface area contributed by atoms with E-state index in [1.165, 1.54) is 7.11 Å². The molecule has 14 heavy (non-hydrogen) atoms. The molecule has 0 spiro atoms. The summed E-state index contributed by atoms with van der Waals surface area (Å²) in [6, 6.07) is 1.76. The second-order valence-corrected chi connectivity index (χ2v) is 3.52. The summed E-state index contributed by atoms with van der Waals surface area (Å²) >= 11 is 0. The molecule has 4 heteroatoms. The molecule has 0 amide bonds. The van der Waals surface area contributed by atoms with Gasteiger partial charge < -0.3 is 14.9 Å². The average molecular weight is 197 g/mol. The van der Waals surface area contributed by atoms with Crippen molar-refractivity contribution >= 4 is 5.97 Å². The van der Waals surface area contributed by atoms with E-state index in [1.807, 2.05) is 6.92 Å². The van der Waals surface area contributed by atoms with Gasteiger partial charge in [-0.2, -0.15) is 0 Å². The van der Waals surface area contributed by atoms with E-state index in [4.69, 9.17) is 10.2 Å². The zero-order chi connectivity index (χ0) is 10.9. The van der Waals surface area contributed by atoms with Crippen LogP contribution >= 0.6 is 0 Å². The lowest BCUT2D eigenvalue weighted by molar-refractivity contribution is -0.146. The van der Waals surface area contributed by atoms with Gasteiger partial charge >= 0.3 is 5.97 Å². The summed E-state index contributed by atoms with van der Waals surface area (Å²) in [6.45, 7) is 5.19. The van der Waals surface area contributed by atoms with Gasteiger partial charge in [-0.25, -0.2) is 4.79 Å². The maximum atomic E-state index is 11.4. The molecule has 1 unspecified atom stereocenters. The minimum absolute atomic E-state index is 0.471. The zero-order valence-electron chi connectivity index (χ0n) is 8.88. The van der Waals surface area contributed by atoms with Crippen LogP contribution < -0.4 is 5.73 Å². The number of ether oxygens (including phenoxy) is 1. The first-order valence-electron chi connectivity index (χ1n) is 4.34. The third-order valence-corrected chi connectivity index (χ3v) is 2.21. The minimum atomic E-state index is -1.14. The molecule has 0 aromatic carbocycles. The van der Waals surface area contributed by atoms with Crippen molar-refractivity contribution in [1.29, 1.82) is 0 Å². The monoisotopic (exact) mass is 197 g/mol. The fraction of sp³-hybridized carbons (Fsp3) is 0.500. The summed E-state index contributed by atoms with van der Waals surface area (Å²) in [5, 5.41) is 0. The second-order valence-electron chi connectivity index (χ2n) is 3.52.